The maximum absolute atomic E-state index is 6.06. The Bertz CT molecular complexity index is 505. The molecule has 0 bridgehead atoms. The zero-order valence-corrected chi connectivity index (χ0v) is 10.8. The third kappa shape index (κ3) is 2.87. The minimum atomic E-state index is 0.754. The number of nitrogens with one attached hydrogen (secondary N) is 1. The number of aryl methyl sites for hydroxylation is 1. The molecule has 2 aromatic rings. The molecule has 0 radical (unpaired) electrons. The third-order valence-corrected chi connectivity index (χ3v) is 2.89. The maximum Gasteiger partial charge on any atom is 0.0568 e. The van der Waals surface area contributed by atoms with Crippen molar-refractivity contribution in [2.75, 3.05) is 6.54 Å². The number of nitrogens with zero attached hydrogens (tertiary/aromatic N) is 2. The quantitative estimate of drug-likeness (QED) is 0.903. The first-order valence-electron chi connectivity index (χ1n) is 5.69. The van der Waals surface area contributed by atoms with E-state index in [0.29, 0.717) is 0 Å². The van der Waals surface area contributed by atoms with Crippen LogP contribution in [0.2, 0.25) is 5.02 Å². The topological polar surface area (TPSA) is 29.9 Å². The second-order valence-corrected chi connectivity index (χ2v) is 4.42. The molecule has 0 atom stereocenters. The van der Waals surface area contributed by atoms with Gasteiger partial charge in [-0.05, 0) is 29.8 Å². The number of hydrogen-bond acceptors (Lipinski definition) is 2. The lowest BCUT2D eigenvalue weighted by Gasteiger charge is -2.09. The van der Waals surface area contributed by atoms with Crippen molar-refractivity contribution < 1.29 is 0 Å². The second-order valence-electron chi connectivity index (χ2n) is 3.98. The molecule has 4 heteroatoms. The monoisotopic (exact) mass is 249 g/mol. The minimum absolute atomic E-state index is 0.754. The van der Waals surface area contributed by atoms with Crippen molar-refractivity contribution in [2.24, 2.45) is 7.05 Å². The van der Waals surface area contributed by atoms with E-state index in [2.05, 4.69) is 23.4 Å². The smallest absolute Gasteiger partial charge is 0.0568 e. The molecule has 0 saturated carbocycles. The molecule has 3 nitrogen and oxygen atoms in total. The zero-order chi connectivity index (χ0) is 12.3. The van der Waals surface area contributed by atoms with Crippen molar-refractivity contribution in [3.8, 4) is 11.1 Å². The van der Waals surface area contributed by atoms with Crippen LogP contribution in [0.25, 0.3) is 11.1 Å². The Morgan fingerprint density at radius 1 is 1.41 bits per heavy atom. The molecule has 2 rings (SSSR count). The van der Waals surface area contributed by atoms with Gasteiger partial charge in [0.1, 0.15) is 0 Å². The van der Waals surface area contributed by atoms with E-state index in [9.17, 15) is 0 Å². The summed E-state index contributed by atoms with van der Waals surface area (Å²) in [5.74, 6) is 0. The van der Waals surface area contributed by atoms with Gasteiger partial charge in [0.25, 0.3) is 0 Å². The van der Waals surface area contributed by atoms with Gasteiger partial charge in [-0.25, -0.2) is 0 Å². The number of aromatic nitrogens is 2. The lowest BCUT2D eigenvalue weighted by molar-refractivity contribution is 0.728. The average Bonchev–Trinajstić information content (AvgIpc) is 2.74. The fourth-order valence-electron chi connectivity index (χ4n) is 1.79. The molecule has 0 aliphatic heterocycles. The van der Waals surface area contributed by atoms with Crippen LogP contribution in [0.1, 0.15) is 12.5 Å². The highest BCUT2D eigenvalue weighted by atomic mass is 35.5. The predicted molar refractivity (Wildman–Crippen MR) is 71.0 cm³/mol. The van der Waals surface area contributed by atoms with Crippen LogP contribution in [0.5, 0.6) is 0 Å². The van der Waals surface area contributed by atoms with E-state index in [4.69, 9.17) is 11.6 Å². The Balaban J connectivity index is 2.39. The number of benzene rings is 1. The largest absolute Gasteiger partial charge is 0.313 e. The molecule has 17 heavy (non-hydrogen) atoms. The van der Waals surface area contributed by atoms with Gasteiger partial charge in [-0.15, -0.1) is 0 Å². The highest BCUT2D eigenvalue weighted by molar-refractivity contribution is 6.30. The summed E-state index contributed by atoms with van der Waals surface area (Å²) in [7, 11) is 1.91. The van der Waals surface area contributed by atoms with E-state index in [1.165, 1.54) is 5.56 Å². The predicted octanol–water partition coefficient (Wildman–Crippen LogP) is 2.85. The Morgan fingerprint density at radius 3 is 2.88 bits per heavy atom. The van der Waals surface area contributed by atoms with E-state index in [-0.39, 0.29) is 0 Å². The Labute approximate surface area is 106 Å². The summed E-state index contributed by atoms with van der Waals surface area (Å²) in [4.78, 5) is 0. The molecule has 0 saturated heterocycles. The van der Waals surface area contributed by atoms with Gasteiger partial charge in [-0.1, -0.05) is 24.6 Å². The van der Waals surface area contributed by atoms with Crippen LogP contribution in [-0.4, -0.2) is 16.3 Å². The molecular formula is C13H16ClN3. The first-order valence-corrected chi connectivity index (χ1v) is 6.06. The molecule has 0 aliphatic rings. The molecule has 0 amide bonds. The Kier molecular flexibility index (Phi) is 3.82. The van der Waals surface area contributed by atoms with Gasteiger partial charge >= 0.3 is 0 Å². The molecule has 1 aromatic heterocycles. The summed E-state index contributed by atoms with van der Waals surface area (Å²) >= 11 is 6.06. The second kappa shape index (κ2) is 5.34. The average molecular weight is 250 g/mol. The summed E-state index contributed by atoms with van der Waals surface area (Å²) in [5, 5.41) is 8.28. The van der Waals surface area contributed by atoms with Gasteiger partial charge < -0.3 is 5.32 Å². The van der Waals surface area contributed by atoms with E-state index in [0.717, 1.165) is 29.2 Å². The van der Waals surface area contributed by atoms with Crippen LogP contribution in [0, 0.1) is 0 Å². The minimum Gasteiger partial charge on any atom is -0.313 e. The third-order valence-electron chi connectivity index (χ3n) is 2.65. The normalized spacial score (nSPS) is 10.8. The Morgan fingerprint density at radius 2 is 2.24 bits per heavy atom. The lowest BCUT2D eigenvalue weighted by Crippen LogP contribution is -2.12. The van der Waals surface area contributed by atoms with Crippen molar-refractivity contribution in [3.63, 3.8) is 0 Å². The zero-order valence-electron chi connectivity index (χ0n) is 10.1. The van der Waals surface area contributed by atoms with Crippen LogP contribution in [0.4, 0.5) is 0 Å². The molecule has 0 fully saturated rings. The molecular weight excluding hydrogens is 234 g/mol. The van der Waals surface area contributed by atoms with Gasteiger partial charge in [-0.3, -0.25) is 4.68 Å². The van der Waals surface area contributed by atoms with Crippen molar-refractivity contribution in [2.45, 2.75) is 13.5 Å². The molecule has 1 aromatic carbocycles. The van der Waals surface area contributed by atoms with Gasteiger partial charge in [0.05, 0.1) is 6.20 Å². The van der Waals surface area contributed by atoms with Crippen LogP contribution < -0.4 is 5.32 Å². The van der Waals surface area contributed by atoms with Crippen molar-refractivity contribution in [3.05, 3.63) is 41.2 Å². The standard InChI is InChI=1S/C13H16ClN3/c1-3-15-7-10-4-5-12(14)6-13(10)11-8-16-17(2)9-11/h4-6,8-9,15H,3,7H2,1-2H3. The van der Waals surface area contributed by atoms with Crippen LogP contribution >= 0.6 is 11.6 Å². The van der Waals surface area contributed by atoms with E-state index < -0.39 is 0 Å². The van der Waals surface area contributed by atoms with Crippen LogP contribution in [0.3, 0.4) is 0 Å². The van der Waals surface area contributed by atoms with Crippen LogP contribution in [0.15, 0.2) is 30.6 Å². The summed E-state index contributed by atoms with van der Waals surface area (Å²) in [6.45, 7) is 3.90. The molecule has 1 N–H and O–H groups in total. The first kappa shape index (κ1) is 12.1. The van der Waals surface area contributed by atoms with E-state index in [1.807, 2.05) is 31.6 Å². The number of halogens is 1. The Hall–Kier alpha value is -1.32. The summed E-state index contributed by atoms with van der Waals surface area (Å²) in [5.41, 5.74) is 3.48. The van der Waals surface area contributed by atoms with Gasteiger partial charge in [0, 0.05) is 30.4 Å². The molecule has 90 valence electrons. The maximum atomic E-state index is 6.06. The summed E-state index contributed by atoms with van der Waals surface area (Å²) < 4.78 is 1.80. The van der Waals surface area contributed by atoms with Gasteiger partial charge in [-0.2, -0.15) is 5.10 Å². The van der Waals surface area contributed by atoms with Crippen molar-refractivity contribution in [1.29, 1.82) is 0 Å². The van der Waals surface area contributed by atoms with Crippen molar-refractivity contribution in [1.82, 2.24) is 15.1 Å². The fraction of sp³-hybridized carbons (Fsp3) is 0.308. The highest BCUT2D eigenvalue weighted by Gasteiger charge is 2.07. The molecule has 0 spiro atoms. The number of rotatable bonds is 4. The summed E-state index contributed by atoms with van der Waals surface area (Å²) in [6.07, 6.45) is 3.86. The number of hydrogen-bond donors (Lipinski definition) is 1. The molecule has 1 heterocycles. The van der Waals surface area contributed by atoms with Crippen molar-refractivity contribution >= 4 is 11.6 Å². The lowest BCUT2D eigenvalue weighted by atomic mass is 10.0. The molecule has 0 unspecified atom stereocenters. The van der Waals surface area contributed by atoms with Gasteiger partial charge in [0.2, 0.25) is 0 Å². The molecule has 0 aliphatic carbocycles. The van der Waals surface area contributed by atoms with E-state index >= 15 is 0 Å². The van der Waals surface area contributed by atoms with E-state index in [1.54, 1.807) is 4.68 Å². The SMILES string of the molecule is CCNCc1ccc(Cl)cc1-c1cnn(C)c1. The first-order chi connectivity index (χ1) is 8.20. The van der Waals surface area contributed by atoms with Gasteiger partial charge in [0.15, 0.2) is 0 Å². The highest BCUT2D eigenvalue weighted by Crippen LogP contribution is 2.26. The van der Waals surface area contributed by atoms with Crippen LogP contribution in [-0.2, 0) is 13.6 Å². The fourth-order valence-corrected chi connectivity index (χ4v) is 1.96. The summed E-state index contributed by atoms with van der Waals surface area (Å²) in [6, 6.07) is 5.98.